The Balaban J connectivity index is 5.50. The van der Waals surface area contributed by atoms with Gasteiger partial charge in [0.25, 0.3) is 0 Å². The van der Waals surface area contributed by atoms with E-state index in [0.717, 1.165) is 135 Å². The van der Waals surface area contributed by atoms with Gasteiger partial charge >= 0.3 is 39.5 Å². The first-order chi connectivity index (χ1) is 49.7. The average Bonchev–Trinajstić information content (AvgIpc) is 0.921. The van der Waals surface area contributed by atoms with Gasteiger partial charge < -0.3 is 33.8 Å². The Morgan fingerprint density at radius 1 is 0.294 bits per heavy atom. The van der Waals surface area contributed by atoms with Crippen LogP contribution >= 0.6 is 15.6 Å². The number of rotatable bonds is 69. The van der Waals surface area contributed by atoms with Gasteiger partial charge in [0.2, 0.25) is 0 Å². The van der Waals surface area contributed by atoms with Crippen molar-refractivity contribution in [1.82, 2.24) is 0 Å². The molecule has 0 bridgehead atoms. The van der Waals surface area contributed by atoms with E-state index in [1.807, 2.05) is 30.4 Å². The predicted octanol–water partition coefficient (Wildman–Crippen LogP) is 22.0. The van der Waals surface area contributed by atoms with Crippen LogP contribution in [0.15, 0.2) is 182 Å². The maximum absolute atomic E-state index is 13.1. The Labute approximate surface area is 615 Å². The van der Waals surface area contributed by atoms with Crippen LogP contribution in [-0.4, -0.2) is 96.7 Å². The summed E-state index contributed by atoms with van der Waals surface area (Å²) in [6, 6.07) is 0. The molecule has 0 aromatic heterocycles. The Morgan fingerprint density at radius 3 is 0.912 bits per heavy atom. The maximum Gasteiger partial charge on any atom is 0.472 e. The molecule has 5 atom stereocenters. The summed E-state index contributed by atoms with van der Waals surface area (Å²) in [5, 5.41) is 10.6. The lowest BCUT2D eigenvalue weighted by molar-refractivity contribution is -0.161. The fourth-order valence-corrected chi connectivity index (χ4v) is 10.8. The Kier molecular flexibility index (Phi) is 69.3. The highest BCUT2D eigenvalue weighted by Gasteiger charge is 2.30. The molecule has 0 spiro atoms. The number of aliphatic hydroxyl groups is 1. The van der Waals surface area contributed by atoms with E-state index < -0.39 is 97.5 Å². The smallest absolute Gasteiger partial charge is 0.462 e. The number of phosphoric acid groups is 2. The van der Waals surface area contributed by atoms with Gasteiger partial charge in [-0.1, -0.05) is 281 Å². The summed E-state index contributed by atoms with van der Waals surface area (Å²) in [6.45, 7) is 4.26. The van der Waals surface area contributed by atoms with Gasteiger partial charge in [0.1, 0.15) is 19.3 Å². The first-order valence-corrected chi connectivity index (χ1v) is 41.0. The van der Waals surface area contributed by atoms with Crippen LogP contribution in [0.2, 0.25) is 0 Å². The minimum absolute atomic E-state index is 0.000285. The maximum atomic E-state index is 13.1. The molecule has 3 N–H and O–H groups in total. The van der Waals surface area contributed by atoms with Crippen molar-refractivity contribution in [3.8, 4) is 0 Å². The largest absolute Gasteiger partial charge is 0.472 e. The Hall–Kier alpha value is -5.84. The number of allylic oxidation sites excluding steroid dienone is 29. The lowest BCUT2D eigenvalue weighted by Crippen LogP contribution is -2.30. The average molecular weight is 1460 g/mol. The highest BCUT2D eigenvalue weighted by atomic mass is 31.2. The third kappa shape index (κ3) is 72.5. The van der Waals surface area contributed by atoms with E-state index in [9.17, 15) is 43.2 Å². The van der Waals surface area contributed by atoms with E-state index in [1.165, 1.54) is 38.5 Å². The normalized spacial score (nSPS) is 14.9. The van der Waals surface area contributed by atoms with Crippen LogP contribution in [0.4, 0.5) is 0 Å². The van der Waals surface area contributed by atoms with Gasteiger partial charge in [0, 0.05) is 19.3 Å². The number of aliphatic hydroxyl groups excluding tert-OH is 1. The lowest BCUT2D eigenvalue weighted by atomic mass is 10.1. The zero-order valence-electron chi connectivity index (χ0n) is 62.7. The van der Waals surface area contributed by atoms with Gasteiger partial charge in [-0.25, -0.2) is 9.13 Å². The zero-order valence-corrected chi connectivity index (χ0v) is 64.5. The standard InChI is InChI=1S/C83H132O17P2/c1-5-9-13-17-21-25-29-32-35-37-38-40-42-45-49-52-56-60-64-68-81(86)94-74-79(100-83(88)70-66-62-58-54-50-46-43-39-36-33-30-26-22-18-14-10-6-2)76-98-102(91,92)96-72-77(84)71-95-101(89,90)97-75-78(99-82(87)69-65-61-57-53-47-28-24-20-16-12-8-4)73-93-80(85)67-63-59-55-51-48-44-41-34-31-27-23-19-15-11-7-3/h9-11,13-15,21-23,25-27,32-36,38,40-41,43,45-46,48-49,51,54,58-59,63,77-79,84H,5-8,12,16-20,24,28-31,37,39,42,44,47,50,52-53,55-57,60-62,64-76H2,1-4H3,(H,89,90)(H,91,92)/b13-9-,14-10-,15-11-,25-21-,26-22-,27-23-,35-32-,36-33-,40-38-,41-34-,46-43-,49-45-,51-48-,58-54-,63-59-. The van der Waals surface area contributed by atoms with E-state index in [0.29, 0.717) is 32.1 Å². The minimum atomic E-state index is -5.01. The van der Waals surface area contributed by atoms with Gasteiger partial charge in [-0.15, -0.1) is 0 Å². The van der Waals surface area contributed by atoms with E-state index in [4.69, 9.17) is 37.0 Å². The van der Waals surface area contributed by atoms with Crippen LogP contribution in [-0.2, 0) is 65.4 Å². The van der Waals surface area contributed by atoms with Crippen molar-refractivity contribution in [3.05, 3.63) is 182 Å². The molecule has 0 aromatic carbocycles. The van der Waals surface area contributed by atoms with Gasteiger partial charge in [-0.05, 0) is 135 Å². The molecule has 19 heteroatoms. The molecule has 0 saturated heterocycles. The second-order valence-electron chi connectivity index (χ2n) is 24.5. The molecule has 0 aromatic rings. The molecule has 0 saturated carbocycles. The number of carbonyl (C=O) groups is 4. The van der Waals surface area contributed by atoms with Crippen LogP contribution in [0.5, 0.6) is 0 Å². The fourth-order valence-electron chi connectivity index (χ4n) is 9.24. The summed E-state index contributed by atoms with van der Waals surface area (Å²) in [4.78, 5) is 72.8. The molecule has 576 valence electrons. The van der Waals surface area contributed by atoms with Gasteiger partial charge in [-0.3, -0.25) is 37.3 Å². The number of hydrogen-bond acceptors (Lipinski definition) is 15. The van der Waals surface area contributed by atoms with Crippen LogP contribution in [0, 0.1) is 0 Å². The van der Waals surface area contributed by atoms with E-state index in [-0.39, 0.29) is 25.7 Å². The van der Waals surface area contributed by atoms with Crippen molar-refractivity contribution < 1.29 is 80.2 Å². The molecule has 17 nitrogen and oxygen atoms in total. The number of hydrogen-bond donors (Lipinski definition) is 3. The highest BCUT2D eigenvalue weighted by molar-refractivity contribution is 7.47. The molecule has 102 heavy (non-hydrogen) atoms. The third-order valence-electron chi connectivity index (χ3n) is 14.9. The second kappa shape index (κ2) is 73.5. The summed E-state index contributed by atoms with van der Waals surface area (Å²) in [7, 11) is -10.0. The summed E-state index contributed by atoms with van der Waals surface area (Å²) in [5.74, 6) is -2.45. The summed E-state index contributed by atoms with van der Waals surface area (Å²) >= 11 is 0. The number of carbonyl (C=O) groups excluding carboxylic acids is 4. The van der Waals surface area contributed by atoms with Crippen LogP contribution in [0.25, 0.3) is 0 Å². The molecule has 0 aliphatic heterocycles. The molecule has 0 aliphatic carbocycles. The van der Waals surface area contributed by atoms with Crippen LogP contribution in [0.1, 0.15) is 259 Å². The van der Waals surface area contributed by atoms with Gasteiger partial charge in [0.15, 0.2) is 12.2 Å². The molecule has 0 radical (unpaired) electrons. The van der Waals surface area contributed by atoms with Gasteiger partial charge in [0.05, 0.1) is 32.8 Å². The molecular weight excluding hydrogens is 1330 g/mol. The van der Waals surface area contributed by atoms with Gasteiger partial charge in [-0.2, -0.15) is 0 Å². The van der Waals surface area contributed by atoms with Crippen molar-refractivity contribution in [2.24, 2.45) is 0 Å². The third-order valence-corrected chi connectivity index (χ3v) is 16.8. The first-order valence-electron chi connectivity index (χ1n) is 38.0. The van der Waals surface area contributed by atoms with Crippen molar-refractivity contribution in [2.45, 2.75) is 277 Å². The zero-order chi connectivity index (χ0) is 74.6. The number of esters is 4. The predicted molar refractivity (Wildman–Crippen MR) is 417 cm³/mol. The number of phosphoric ester groups is 2. The molecule has 0 fully saturated rings. The van der Waals surface area contributed by atoms with Crippen molar-refractivity contribution >= 4 is 39.5 Å². The van der Waals surface area contributed by atoms with E-state index in [2.05, 4.69) is 174 Å². The number of unbranched alkanes of at least 4 members (excludes halogenated alkanes) is 14. The lowest BCUT2D eigenvalue weighted by Gasteiger charge is -2.21. The molecular formula is C83H132O17P2. The summed E-state index contributed by atoms with van der Waals surface area (Å²) in [5.41, 5.74) is 0. The fraction of sp³-hybridized carbons (Fsp3) is 0.590. The van der Waals surface area contributed by atoms with E-state index >= 15 is 0 Å². The number of ether oxygens (including phenoxy) is 4. The second-order valence-corrected chi connectivity index (χ2v) is 27.4. The van der Waals surface area contributed by atoms with Crippen molar-refractivity contribution in [1.29, 1.82) is 0 Å². The SMILES string of the molecule is CC/C=C\C/C=C\C/C=C\C/C=C\C/C=C\CCCCCC(=O)OCC(COP(=O)(O)OCC(O)COP(=O)(O)OCC(COC(=O)C/C=C\C/C=C\C/C=C\C/C=C\C/C=C\CC)OC(=O)CCCCCCCCCCCCC)OC(=O)CCC/C=C\C/C=C\C/C=C\C/C=C\C/C=C\CC. The van der Waals surface area contributed by atoms with Crippen molar-refractivity contribution in [2.75, 3.05) is 39.6 Å². The summed E-state index contributed by atoms with van der Waals surface area (Å²) in [6.07, 6.45) is 87.9. The first kappa shape index (κ1) is 96.2. The molecule has 0 aliphatic rings. The van der Waals surface area contributed by atoms with E-state index in [1.54, 1.807) is 6.08 Å². The topological polar surface area (TPSA) is 237 Å². The van der Waals surface area contributed by atoms with Crippen molar-refractivity contribution in [3.63, 3.8) is 0 Å². The highest BCUT2D eigenvalue weighted by Crippen LogP contribution is 2.45. The molecule has 0 amide bonds. The molecule has 0 rings (SSSR count). The summed E-state index contributed by atoms with van der Waals surface area (Å²) < 4.78 is 68.2. The quantitative estimate of drug-likeness (QED) is 0.0169. The van der Waals surface area contributed by atoms with Crippen LogP contribution in [0.3, 0.4) is 0 Å². The Morgan fingerprint density at radius 2 is 0.559 bits per heavy atom. The Bertz CT molecular complexity index is 2650. The molecule has 5 unspecified atom stereocenters. The molecule has 0 heterocycles. The van der Waals surface area contributed by atoms with Crippen LogP contribution < -0.4 is 0 Å². The monoisotopic (exact) mass is 1460 g/mol. The minimum Gasteiger partial charge on any atom is -0.462 e.